The normalized spacial score (nSPS) is 14.4. The topological polar surface area (TPSA) is 24.1 Å². The van der Waals surface area contributed by atoms with Gasteiger partial charge in [-0.1, -0.05) is 36.4 Å². The van der Waals surface area contributed by atoms with Gasteiger partial charge in [0.25, 0.3) is 0 Å². The Bertz CT molecular complexity index is 489. The van der Waals surface area contributed by atoms with Gasteiger partial charge < -0.3 is 10.9 Å². The van der Waals surface area contributed by atoms with Crippen molar-refractivity contribution >= 4 is 11.4 Å². The Morgan fingerprint density at radius 2 is 1.47 bits per heavy atom. The molecule has 0 atom stereocenters. The molecule has 2 aromatic rings. The van der Waals surface area contributed by atoms with E-state index < -0.39 is 0 Å². The van der Waals surface area contributed by atoms with Crippen LogP contribution in [0.1, 0.15) is 24.3 Å². The van der Waals surface area contributed by atoms with Gasteiger partial charge in [-0.05, 0) is 42.5 Å². The van der Waals surface area contributed by atoms with Crippen LogP contribution in [0, 0.1) is 0 Å². The highest BCUT2D eigenvalue weighted by Crippen LogP contribution is 2.43. The summed E-state index contributed by atoms with van der Waals surface area (Å²) in [6.45, 7) is 0. The number of para-hydroxylation sites is 2. The second kappa shape index (κ2) is 4.50. The second-order valence-electron chi connectivity index (χ2n) is 4.48. The van der Waals surface area contributed by atoms with Gasteiger partial charge in [0.1, 0.15) is 0 Å². The van der Waals surface area contributed by atoms with Crippen molar-refractivity contribution in [1.82, 2.24) is 0 Å². The van der Waals surface area contributed by atoms with Gasteiger partial charge in [0.2, 0.25) is 0 Å². The molecule has 2 heteroatoms. The number of rotatable bonds is 4. The summed E-state index contributed by atoms with van der Waals surface area (Å²) < 4.78 is 0. The minimum Gasteiger partial charge on any atom is -0.301 e. The Kier molecular flexibility index (Phi) is 2.70. The van der Waals surface area contributed by atoms with Gasteiger partial charge in [-0.3, -0.25) is 0 Å². The standard InChI is InChI=1S/C15H16N2/c1-2-6-13(7-3-1)16-17-15-9-5-4-8-14(15)12-10-11-12/h1-9,12,16-17H,10-11H2. The Morgan fingerprint density at radius 1 is 0.765 bits per heavy atom. The maximum absolute atomic E-state index is 3.30. The van der Waals surface area contributed by atoms with Crippen LogP contribution in [0.15, 0.2) is 54.6 Å². The molecule has 0 saturated heterocycles. The first-order valence-electron chi connectivity index (χ1n) is 6.09. The fourth-order valence-electron chi connectivity index (χ4n) is 2.02. The van der Waals surface area contributed by atoms with E-state index >= 15 is 0 Å². The smallest absolute Gasteiger partial charge is 0.0574 e. The highest BCUT2D eigenvalue weighted by Gasteiger charge is 2.25. The molecule has 2 N–H and O–H groups in total. The van der Waals surface area contributed by atoms with E-state index in [9.17, 15) is 0 Å². The zero-order chi connectivity index (χ0) is 11.5. The number of benzene rings is 2. The zero-order valence-electron chi connectivity index (χ0n) is 9.69. The van der Waals surface area contributed by atoms with Crippen molar-refractivity contribution < 1.29 is 0 Å². The maximum Gasteiger partial charge on any atom is 0.0574 e. The lowest BCUT2D eigenvalue weighted by molar-refractivity contribution is 1.13. The monoisotopic (exact) mass is 224 g/mol. The summed E-state index contributed by atoms with van der Waals surface area (Å²) in [5.74, 6) is 0.760. The van der Waals surface area contributed by atoms with Gasteiger partial charge in [0.15, 0.2) is 0 Å². The molecule has 3 rings (SSSR count). The fourth-order valence-corrected chi connectivity index (χ4v) is 2.02. The Balaban J connectivity index is 1.73. The van der Waals surface area contributed by atoms with Crippen LogP contribution in [0.25, 0.3) is 0 Å². The van der Waals surface area contributed by atoms with Gasteiger partial charge in [0, 0.05) is 0 Å². The third-order valence-electron chi connectivity index (χ3n) is 3.09. The van der Waals surface area contributed by atoms with Gasteiger partial charge in [-0.25, -0.2) is 0 Å². The Hall–Kier alpha value is -1.96. The van der Waals surface area contributed by atoms with Crippen LogP contribution in [0.3, 0.4) is 0 Å². The van der Waals surface area contributed by atoms with Gasteiger partial charge in [-0.15, -0.1) is 0 Å². The van der Waals surface area contributed by atoms with E-state index in [0.29, 0.717) is 0 Å². The molecule has 0 aromatic heterocycles. The van der Waals surface area contributed by atoms with Crippen LogP contribution in [0.4, 0.5) is 11.4 Å². The number of nitrogens with one attached hydrogen (secondary N) is 2. The molecule has 0 unspecified atom stereocenters. The number of hydrazine groups is 1. The quantitative estimate of drug-likeness (QED) is 0.767. The summed E-state index contributed by atoms with van der Waals surface area (Å²) in [6.07, 6.45) is 2.65. The molecule has 2 nitrogen and oxygen atoms in total. The van der Waals surface area contributed by atoms with Crippen LogP contribution in [0.2, 0.25) is 0 Å². The van der Waals surface area contributed by atoms with Crippen LogP contribution in [-0.4, -0.2) is 0 Å². The van der Waals surface area contributed by atoms with E-state index in [1.54, 1.807) is 0 Å². The van der Waals surface area contributed by atoms with Gasteiger partial charge >= 0.3 is 0 Å². The molecule has 17 heavy (non-hydrogen) atoms. The summed E-state index contributed by atoms with van der Waals surface area (Å²) >= 11 is 0. The number of hydrogen-bond donors (Lipinski definition) is 2. The molecule has 2 aromatic carbocycles. The van der Waals surface area contributed by atoms with Crippen LogP contribution in [-0.2, 0) is 0 Å². The Morgan fingerprint density at radius 3 is 2.24 bits per heavy atom. The zero-order valence-corrected chi connectivity index (χ0v) is 9.69. The van der Waals surface area contributed by atoms with E-state index in [4.69, 9.17) is 0 Å². The Labute approximate surface area is 102 Å². The van der Waals surface area contributed by atoms with Crippen LogP contribution < -0.4 is 10.9 Å². The molecule has 0 radical (unpaired) electrons. The molecule has 86 valence electrons. The van der Waals surface area contributed by atoms with Gasteiger partial charge in [0.05, 0.1) is 11.4 Å². The fraction of sp³-hybridized carbons (Fsp3) is 0.200. The van der Waals surface area contributed by atoms with Crippen molar-refractivity contribution in [3.05, 3.63) is 60.2 Å². The highest BCUT2D eigenvalue weighted by molar-refractivity contribution is 5.58. The van der Waals surface area contributed by atoms with E-state index in [2.05, 4.69) is 35.1 Å². The lowest BCUT2D eigenvalue weighted by Crippen LogP contribution is -2.09. The van der Waals surface area contributed by atoms with Crippen molar-refractivity contribution in [2.45, 2.75) is 18.8 Å². The molecule has 0 spiro atoms. The van der Waals surface area contributed by atoms with Crippen molar-refractivity contribution in [2.75, 3.05) is 10.9 Å². The van der Waals surface area contributed by atoms with Crippen molar-refractivity contribution in [1.29, 1.82) is 0 Å². The predicted molar refractivity (Wildman–Crippen MR) is 72.1 cm³/mol. The predicted octanol–water partition coefficient (Wildman–Crippen LogP) is 4.00. The summed E-state index contributed by atoms with van der Waals surface area (Å²) in [6, 6.07) is 18.7. The molecule has 0 amide bonds. The largest absolute Gasteiger partial charge is 0.301 e. The number of hydrogen-bond acceptors (Lipinski definition) is 2. The third kappa shape index (κ3) is 2.41. The summed E-state index contributed by atoms with van der Waals surface area (Å²) in [5.41, 5.74) is 10.2. The molecule has 0 bridgehead atoms. The minimum absolute atomic E-state index is 0.760. The first-order chi connectivity index (χ1) is 8.43. The minimum atomic E-state index is 0.760. The average molecular weight is 224 g/mol. The molecule has 1 aliphatic rings. The molecule has 1 saturated carbocycles. The molecule has 1 aliphatic carbocycles. The third-order valence-corrected chi connectivity index (χ3v) is 3.09. The van der Waals surface area contributed by atoms with Crippen molar-refractivity contribution in [3.8, 4) is 0 Å². The van der Waals surface area contributed by atoms with E-state index in [1.807, 2.05) is 30.3 Å². The highest BCUT2D eigenvalue weighted by atomic mass is 15.4. The van der Waals surface area contributed by atoms with Crippen molar-refractivity contribution in [3.63, 3.8) is 0 Å². The van der Waals surface area contributed by atoms with Crippen LogP contribution >= 0.6 is 0 Å². The molecule has 1 fully saturated rings. The lowest BCUT2D eigenvalue weighted by atomic mass is 10.1. The molecular formula is C15H16N2. The van der Waals surface area contributed by atoms with E-state index in [-0.39, 0.29) is 0 Å². The van der Waals surface area contributed by atoms with E-state index in [0.717, 1.165) is 11.6 Å². The van der Waals surface area contributed by atoms with Crippen LogP contribution in [0.5, 0.6) is 0 Å². The van der Waals surface area contributed by atoms with E-state index in [1.165, 1.54) is 24.1 Å². The summed E-state index contributed by atoms with van der Waals surface area (Å²) in [4.78, 5) is 0. The molecular weight excluding hydrogens is 208 g/mol. The average Bonchev–Trinajstić information content (AvgIpc) is 3.22. The molecule has 0 aliphatic heterocycles. The summed E-state index contributed by atoms with van der Waals surface area (Å²) in [5, 5.41) is 0. The second-order valence-corrected chi connectivity index (χ2v) is 4.48. The first kappa shape index (κ1) is 10.2. The maximum atomic E-state index is 3.30. The van der Waals surface area contributed by atoms with Crippen molar-refractivity contribution in [2.24, 2.45) is 0 Å². The first-order valence-corrected chi connectivity index (χ1v) is 6.09. The summed E-state index contributed by atoms with van der Waals surface area (Å²) in [7, 11) is 0. The SMILES string of the molecule is c1ccc(NNc2ccccc2C2CC2)cc1. The number of anilines is 2. The molecule has 0 heterocycles. The van der Waals surface area contributed by atoms with Gasteiger partial charge in [-0.2, -0.15) is 0 Å². The lowest BCUT2D eigenvalue weighted by Gasteiger charge is -2.13.